The summed E-state index contributed by atoms with van der Waals surface area (Å²) < 4.78 is 2.48. The van der Waals surface area contributed by atoms with Crippen molar-refractivity contribution in [1.29, 1.82) is 0 Å². The topological polar surface area (TPSA) is 4.93 Å². The minimum atomic E-state index is -1.19. The molecule has 0 fully saturated rings. The molecule has 1 aromatic heterocycles. The number of allylic oxidation sites excluding steroid dienone is 1. The second kappa shape index (κ2) is 14.4. The van der Waals surface area contributed by atoms with Gasteiger partial charge in [-0.15, -0.1) is 34.5 Å². The zero-order valence-corrected chi connectivity index (χ0v) is 31.2. The predicted molar refractivity (Wildman–Crippen MR) is 176 cm³/mol. The minimum absolute atomic E-state index is 0. The largest absolute Gasteiger partial charge is 3.00 e. The number of benzene rings is 3. The molecule has 1 unspecified atom stereocenters. The number of nitrogens with zero attached hydrogens (tertiary/aromatic N) is 1. The molecule has 0 N–H and O–H groups in total. The van der Waals surface area contributed by atoms with E-state index in [4.69, 9.17) is 0 Å². The summed E-state index contributed by atoms with van der Waals surface area (Å²) in [6.45, 7) is 14.0. The van der Waals surface area contributed by atoms with Crippen molar-refractivity contribution < 1.29 is 51.0 Å². The molecule has 5 heteroatoms. The molecule has 221 valence electrons. The Bertz CT molecular complexity index is 1710. The molecule has 0 amide bonds. The normalized spacial score (nSPS) is 15.3. The predicted octanol–water partition coefficient (Wildman–Crippen LogP) is 4.73. The van der Waals surface area contributed by atoms with Crippen molar-refractivity contribution in [1.82, 2.24) is 4.57 Å². The van der Waals surface area contributed by atoms with Gasteiger partial charge in [0.15, 0.2) is 0 Å². The van der Waals surface area contributed by atoms with Gasteiger partial charge in [0.05, 0.1) is 8.07 Å². The Kier molecular flexibility index (Phi) is 11.9. The van der Waals surface area contributed by atoms with E-state index in [2.05, 4.69) is 136 Å². The van der Waals surface area contributed by atoms with Gasteiger partial charge >= 0.3 is 26.2 Å². The maximum Gasteiger partial charge on any atom is 3.00 e. The van der Waals surface area contributed by atoms with Gasteiger partial charge in [-0.3, -0.25) is 0 Å². The van der Waals surface area contributed by atoms with Crippen LogP contribution < -0.4 is 24.8 Å². The molecule has 3 heterocycles. The Balaban J connectivity index is 0.000000221. The Morgan fingerprint density at radius 3 is 2.14 bits per heavy atom. The maximum atomic E-state index is 2.52. The first kappa shape index (κ1) is 35.4. The van der Waals surface area contributed by atoms with E-state index in [1.807, 2.05) is 0 Å². The molecule has 0 spiro atoms. The zero-order valence-electron chi connectivity index (χ0n) is 26.3. The van der Waals surface area contributed by atoms with E-state index in [1.165, 1.54) is 70.1 Å². The number of fused-ring (bicyclic) bond motifs is 1. The van der Waals surface area contributed by atoms with Crippen molar-refractivity contribution in [2.24, 2.45) is 0 Å². The molecule has 1 atom stereocenters. The molecule has 5 aromatic rings. The number of rotatable bonds is 6. The molecule has 4 aromatic carbocycles. The number of hydrogen-bond donors (Lipinski definition) is 0. The van der Waals surface area contributed by atoms with Crippen molar-refractivity contribution in [3.63, 3.8) is 0 Å². The minimum Gasteiger partial charge on any atom is -1.00 e. The van der Waals surface area contributed by atoms with Crippen LogP contribution in [0, 0.1) is 13.8 Å². The number of para-hydroxylation sites is 1. The Morgan fingerprint density at radius 2 is 1.49 bits per heavy atom. The third-order valence-corrected chi connectivity index (χ3v) is 13.3. The SMILES string of the molecule is CC1=C2c3cc(C)n(-c4ccccc4)c3C1[Si]2(C)C.CCCCCc1ccc(-c2cccc3[cH-]c(C)cc23)cc1.[Cl-].[Cl-].[Zr+3]. The number of halogens is 2. The Hall–Kier alpha value is -2.03. The summed E-state index contributed by atoms with van der Waals surface area (Å²) in [6, 6.07) is 33.5. The molecule has 0 saturated heterocycles. The second-order valence-corrected chi connectivity index (χ2v) is 17.0. The van der Waals surface area contributed by atoms with E-state index in [1.54, 1.807) is 22.0 Å². The van der Waals surface area contributed by atoms with Gasteiger partial charge in [-0.05, 0) is 61.6 Å². The third kappa shape index (κ3) is 6.39. The number of unbranched alkanes of at least 4 members (excludes halogenated alkanes) is 2. The van der Waals surface area contributed by atoms with Crippen LogP contribution in [0.25, 0.3) is 32.8 Å². The number of aromatic nitrogens is 1. The molecule has 2 bridgehead atoms. The first-order chi connectivity index (χ1) is 19.3. The average molecular weight is 703 g/mol. The fraction of sp³-hybridized carbons (Fsp3) is 0.289. The van der Waals surface area contributed by atoms with E-state index in [0.717, 1.165) is 5.54 Å². The summed E-state index contributed by atoms with van der Waals surface area (Å²) in [6.07, 6.45) is 5.12. The van der Waals surface area contributed by atoms with Crippen LogP contribution in [0.2, 0.25) is 13.1 Å². The third-order valence-electron chi connectivity index (χ3n) is 9.20. The summed E-state index contributed by atoms with van der Waals surface area (Å²) in [4.78, 5) is 0. The smallest absolute Gasteiger partial charge is 1.00 e. The van der Waals surface area contributed by atoms with Gasteiger partial charge in [0.2, 0.25) is 0 Å². The molecule has 8 rings (SSSR count). The van der Waals surface area contributed by atoms with Crippen LogP contribution in [0.1, 0.15) is 66.7 Å². The van der Waals surface area contributed by atoms with Gasteiger partial charge in [-0.25, -0.2) is 0 Å². The number of aryl methyl sites for hydroxylation is 3. The Morgan fingerprint density at radius 1 is 0.791 bits per heavy atom. The fourth-order valence-electron chi connectivity index (χ4n) is 7.50. The van der Waals surface area contributed by atoms with Crippen LogP contribution >= 0.6 is 0 Å². The summed E-state index contributed by atoms with van der Waals surface area (Å²) in [5.74, 6) is 0. The van der Waals surface area contributed by atoms with Gasteiger partial charge in [-0.1, -0.05) is 105 Å². The molecule has 3 aliphatic rings. The van der Waals surface area contributed by atoms with Crippen LogP contribution in [-0.4, -0.2) is 12.6 Å². The van der Waals surface area contributed by atoms with Gasteiger partial charge in [0.25, 0.3) is 0 Å². The van der Waals surface area contributed by atoms with E-state index in [-0.39, 0.29) is 51.0 Å². The molecule has 43 heavy (non-hydrogen) atoms. The van der Waals surface area contributed by atoms with Crippen LogP contribution in [0.5, 0.6) is 0 Å². The van der Waals surface area contributed by atoms with E-state index >= 15 is 0 Å². The van der Waals surface area contributed by atoms with E-state index in [0.29, 0.717) is 0 Å². The molecule has 1 radical (unpaired) electrons. The second-order valence-electron chi connectivity index (χ2n) is 12.5. The van der Waals surface area contributed by atoms with Gasteiger partial charge in [0.1, 0.15) is 0 Å². The summed E-state index contributed by atoms with van der Waals surface area (Å²) >= 11 is 0. The fourth-order valence-corrected chi connectivity index (χ4v) is 11.8. The van der Waals surface area contributed by atoms with Gasteiger partial charge in [0, 0.05) is 22.6 Å². The van der Waals surface area contributed by atoms with Crippen molar-refractivity contribution in [2.75, 3.05) is 0 Å². The first-order valence-corrected chi connectivity index (χ1v) is 18.1. The van der Waals surface area contributed by atoms with Crippen LogP contribution in [0.15, 0.2) is 96.6 Å². The van der Waals surface area contributed by atoms with Crippen molar-refractivity contribution >= 4 is 24.0 Å². The maximum absolute atomic E-state index is 2.52. The standard InChI is InChI=1S/C21H23.C17H19NSi.2ClH.Zr/c1-3-4-5-7-17-10-12-18(13-11-17)20-9-6-8-19-14-16(2)15-21(19)20;1-11-10-14-15(17-12(2)16(14)19(17,3)4)18(11)13-8-6-5-7-9-13;;;/h6,8-15H,3-5,7H2,1-2H3;5-10,17H,1-4H3;2*1H;/q-1;;;;+3/p-2. The van der Waals surface area contributed by atoms with Crippen LogP contribution in [-0.2, 0) is 32.6 Å². The first-order valence-electron chi connectivity index (χ1n) is 15.1. The van der Waals surface area contributed by atoms with Crippen molar-refractivity contribution in [3.8, 4) is 16.8 Å². The molecule has 1 nitrogen and oxygen atoms in total. The monoisotopic (exact) mass is 700 g/mol. The van der Waals surface area contributed by atoms with Gasteiger partial charge < -0.3 is 29.4 Å². The molecular formula is C38H42Cl2NSiZr. The Labute approximate surface area is 291 Å². The van der Waals surface area contributed by atoms with Crippen molar-refractivity contribution in [2.45, 2.75) is 72.0 Å². The quantitative estimate of drug-likeness (QED) is 0.137. The summed E-state index contributed by atoms with van der Waals surface area (Å²) in [7, 11) is -1.19. The average Bonchev–Trinajstić information content (AvgIpc) is 3.63. The summed E-state index contributed by atoms with van der Waals surface area (Å²) in [5.41, 5.74) is 13.7. The van der Waals surface area contributed by atoms with Crippen LogP contribution in [0.3, 0.4) is 0 Å². The molecule has 1 aliphatic carbocycles. The van der Waals surface area contributed by atoms with Crippen molar-refractivity contribution in [3.05, 3.63) is 125 Å². The van der Waals surface area contributed by atoms with Crippen LogP contribution in [0.4, 0.5) is 0 Å². The van der Waals surface area contributed by atoms with E-state index in [9.17, 15) is 0 Å². The molecular weight excluding hydrogens is 661 g/mol. The molecule has 2 aliphatic heterocycles. The molecule has 0 saturated carbocycles. The van der Waals surface area contributed by atoms with Gasteiger partial charge in [-0.2, -0.15) is 6.07 Å². The number of hydrogen-bond acceptors (Lipinski definition) is 0. The summed E-state index contributed by atoms with van der Waals surface area (Å²) in [5, 5.41) is 4.44. The van der Waals surface area contributed by atoms with E-state index < -0.39 is 8.07 Å². The zero-order chi connectivity index (χ0) is 28.0.